The first-order valence-electron chi connectivity index (χ1n) is 1.58. The molecule has 0 aliphatic carbocycles. The molecule has 0 fully saturated rings. The molecule has 0 radical (unpaired) electrons. The third-order valence-corrected chi connectivity index (χ3v) is 0.409. The normalized spacial score (nSPS) is 6.86. The van der Waals surface area contributed by atoms with Crippen molar-refractivity contribution in [3.05, 3.63) is 18.5 Å². The SMILES string of the molecule is [Pd].c1cnnnc1. The van der Waals surface area contributed by atoms with Crippen LogP contribution < -0.4 is 0 Å². The van der Waals surface area contributed by atoms with Gasteiger partial charge in [-0.05, 0) is 11.3 Å². The zero-order valence-corrected chi connectivity index (χ0v) is 4.94. The Morgan fingerprint density at radius 1 is 1.00 bits per heavy atom. The Balaban J connectivity index is 0.000000360. The molecule has 0 saturated carbocycles. The van der Waals surface area contributed by atoms with Crippen LogP contribution in [0.15, 0.2) is 18.5 Å². The average molecular weight is 187 g/mol. The van der Waals surface area contributed by atoms with E-state index in [1.54, 1.807) is 18.5 Å². The largest absolute Gasteiger partial charge is 0.139 e. The molecule has 3 nitrogen and oxygen atoms in total. The molecule has 0 atom stereocenters. The minimum absolute atomic E-state index is 0. The standard InChI is InChI=1S/C3H3N3.Pd/c1-2-4-6-5-3-1;/h1-3H;. The van der Waals surface area contributed by atoms with Gasteiger partial charge >= 0.3 is 0 Å². The van der Waals surface area contributed by atoms with Gasteiger partial charge in [0.2, 0.25) is 0 Å². The van der Waals surface area contributed by atoms with Gasteiger partial charge in [0.1, 0.15) is 0 Å². The van der Waals surface area contributed by atoms with Crippen LogP contribution in [-0.2, 0) is 20.4 Å². The predicted octanol–water partition coefficient (Wildman–Crippen LogP) is -0.131. The molecular formula is C3H3N3Pd. The Morgan fingerprint density at radius 2 is 1.57 bits per heavy atom. The first-order chi connectivity index (χ1) is 3.00. The van der Waals surface area contributed by atoms with Gasteiger partial charge in [-0.15, -0.1) is 10.2 Å². The second-order valence-electron chi connectivity index (χ2n) is 0.811. The van der Waals surface area contributed by atoms with Gasteiger partial charge in [-0.2, -0.15) is 0 Å². The molecule has 7 heavy (non-hydrogen) atoms. The molecular weight excluding hydrogens is 184 g/mol. The van der Waals surface area contributed by atoms with E-state index in [9.17, 15) is 0 Å². The summed E-state index contributed by atoms with van der Waals surface area (Å²) in [6.45, 7) is 0. The molecule has 0 aliphatic rings. The van der Waals surface area contributed by atoms with Crippen molar-refractivity contribution in [1.29, 1.82) is 0 Å². The summed E-state index contributed by atoms with van der Waals surface area (Å²) in [6.07, 6.45) is 3.15. The summed E-state index contributed by atoms with van der Waals surface area (Å²) in [5, 5.41) is 10.1. The third-order valence-electron chi connectivity index (χ3n) is 0.409. The van der Waals surface area contributed by atoms with Crippen molar-refractivity contribution < 1.29 is 20.4 Å². The molecule has 0 N–H and O–H groups in total. The molecule has 40 valence electrons. The molecule has 0 amide bonds. The minimum atomic E-state index is 0. The fourth-order valence-electron chi connectivity index (χ4n) is 0.205. The molecule has 0 bridgehead atoms. The predicted molar refractivity (Wildman–Crippen MR) is 19.8 cm³/mol. The van der Waals surface area contributed by atoms with Gasteiger partial charge in [0.15, 0.2) is 0 Å². The Labute approximate surface area is 54.8 Å². The zero-order valence-electron chi connectivity index (χ0n) is 3.39. The summed E-state index contributed by atoms with van der Waals surface area (Å²) in [5.41, 5.74) is 0. The van der Waals surface area contributed by atoms with Gasteiger partial charge in [-0.25, -0.2) is 0 Å². The number of hydrogen-bond donors (Lipinski definition) is 0. The van der Waals surface area contributed by atoms with Crippen LogP contribution in [0.4, 0.5) is 0 Å². The summed E-state index contributed by atoms with van der Waals surface area (Å²) in [7, 11) is 0. The zero-order chi connectivity index (χ0) is 4.24. The average Bonchev–Trinajstić information content (AvgIpc) is 1.72. The maximum Gasteiger partial charge on any atom is 0.0529 e. The second kappa shape index (κ2) is 3.85. The summed E-state index contributed by atoms with van der Waals surface area (Å²) >= 11 is 0. The Morgan fingerprint density at radius 3 is 1.71 bits per heavy atom. The number of hydrogen-bond acceptors (Lipinski definition) is 3. The molecule has 1 aromatic heterocycles. The number of rotatable bonds is 0. The van der Waals surface area contributed by atoms with Crippen molar-refractivity contribution in [3.8, 4) is 0 Å². The van der Waals surface area contributed by atoms with E-state index in [4.69, 9.17) is 0 Å². The number of aromatic nitrogens is 3. The first-order valence-corrected chi connectivity index (χ1v) is 1.58. The monoisotopic (exact) mass is 187 g/mol. The van der Waals surface area contributed by atoms with E-state index in [0.29, 0.717) is 0 Å². The topological polar surface area (TPSA) is 38.7 Å². The molecule has 0 spiro atoms. The van der Waals surface area contributed by atoms with Gasteiger partial charge in [-0.3, -0.25) is 0 Å². The Bertz CT molecular complexity index is 82.1. The van der Waals surface area contributed by atoms with Crippen LogP contribution in [0.2, 0.25) is 0 Å². The molecule has 1 aromatic rings. The van der Waals surface area contributed by atoms with Gasteiger partial charge < -0.3 is 0 Å². The van der Waals surface area contributed by atoms with Crippen molar-refractivity contribution in [1.82, 2.24) is 15.4 Å². The van der Waals surface area contributed by atoms with Crippen LogP contribution in [0.25, 0.3) is 0 Å². The van der Waals surface area contributed by atoms with Crippen LogP contribution in [-0.4, -0.2) is 15.4 Å². The van der Waals surface area contributed by atoms with Crippen LogP contribution in [0.5, 0.6) is 0 Å². The van der Waals surface area contributed by atoms with Crippen molar-refractivity contribution >= 4 is 0 Å². The molecule has 0 saturated heterocycles. The van der Waals surface area contributed by atoms with Gasteiger partial charge in [0.05, 0.1) is 12.4 Å². The van der Waals surface area contributed by atoms with E-state index < -0.39 is 0 Å². The van der Waals surface area contributed by atoms with Crippen LogP contribution in [0, 0.1) is 0 Å². The van der Waals surface area contributed by atoms with Crippen molar-refractivity contribution in [3.63, 3.8) is 0 Å². The van der Waals surface area contributed by atoms with E-state index in [-0.39, 0.29) is 20.4 Å². The fourth-order valence-corrected chi connectivity index (χ4v) is 0.205. The first kappa shape index (κ1) is 6.67. The minimum Gasteiger partial charge on any atom is -0.139 e. The fraction of sp³-hybridized carbons (Fsp3) is 0. The molecule has 0 aromatic carbocycles. The molecule has 1 heterocycles. The molecule has 1 rings (SSSR count). The summed E-state index contributed by atoms with van der Waals surface area (Å²) in [4.78, 5) is 0. The van der Waals surface area contributed by atoms with Gasteiger partial charge in [0, 0.05) is 20.4 Å². The van der Waals surface area contributed by atoms with Gasteiger partial charge in [-0.1, -0.05) is 0 Å². The maximum absolute atomic E-state index is 3.42. The van der Waals surface area contributed by atoms with Crippen LogP contribution in [0.3, 0.4) is 0 Å². The van der Waals surface area contributed by atoms with E-state index >= 15 is 0 Å². The van der Waals surface area contributed by atoms with Crippen molar-refractivity contribution in [2.75, 3.05) is 0 Å². The Kier molecular flexibility index (Phi) is 3.67. The summed E-state index contributed by atoms with van der Waals surface area (Å²) in [5.74, 6) is 0. The van der Waals surface area contributed by atoms with Crippen molar-refractivity contribution in [2.24, 2.45) is 0 Å². The quantitative estimate of drug-likeness (QED) is 0.531. The van der Waals surface area contributed by atoms with E-state index in [0.717, 1.165) is 0 Å². The molecule has 0 unspecified atom stereocenters. The maximum atomic E-state index is 3.42. The Hall–Kier alpha value is -0.328. The van der Waals surface area contributed by atoms with Crippen LogP contribution >= 0.6 is 0 Å². The second-order valence-corrected chi connectivity index (χ2v) is 0.811. The van der Waals surface area contributed by atoms with Gasteiger partial charge in [0.25, 0.3) is 0 Å². The molecule has 0 aliphatic heterocycles. The third kappa shape index (κ3) is 2.38. The van der Waals surface area contributed by atoms with E-state index in [2.05, 4.69) is 15.4 Å². The van der Waals surface area contributed by atoms with E-state index in [1.165, 1.54) is 0 Å². The van der Waals surface area contributed by atoms with Crippen molar-refractivity contribution in [2.45, 2.75) is 0 Å². The smallest absolute Gasteiger partial charge is 0.0529 e. The van der Waals surface area contributed by atoms with E-state index in [1.807, 2.05) is 0 Å². The summed E-state index contributed by atoms with van der Waals surface area (Å²) < 4.78 is 0. The summed E-state index contributed by atoms with van der Waals surface area (Å²) in [6, 6.07) is 1.72. The molecule has 4 heteroatoms. The number of nitrogens with zero attached hydrogens (tertiary/aromatic N) is 3. The van der Waals surface area contributed by atoms with Crippen LogP contribution in [0.1, 0.15) is 0 Å².